The highest BCUT2D eigenvalue weighted by Crippen LogP contribution is 2.26. The molecule has 0 aliphatic carbocycles. The van der Waals surface area contributed by atoms with Crippen molar-refractivity contribution in [3.8, 4) is 0 Å². The van der Waals surface area contributed by atoms with Crippen LogP contribution in [0.1, 0.15) is 38.4 Å². The van der Waals surface area contributed by atoms with Crippen LogP contribution in [0.4, 0.5) is 5.82 Å². The number of aromatic nitrogens is 1. The third-order valence-electron chi connectivity index (χ3n) is 3.07. The zero-order valence-corrected chi connectivity index (χ0v) is 14.3. The van der Waals surface area contributed by atoms with Gasteiger partial charge in [0.25, 0.3) is 0 Å². The molecule has 0 fully saturated rings. The molecule has 0 aromatic carbocycles. The first-order valence-corrected chi connectivity index (χ1v) is 7.76. The molecule has 1 heterocycles. The van der Waals surface area contributed by atoms with E-state index >= 15 is 0 Å². The second-order valence-corrected chi connectivity index (χ2v) is 6.26. The lowest BCUT2D eigenvalue weighted by atomic mass is 9.89. The largest absolute Gasteiger partial charge is 0.310 e. The van der Waals surface area contributed by atoms with E-state index in [4.69, 9.17) is 0 Å². The molecule has 18 heavy (non-hydrogen) atoms. The number of hydrogen-bond donors (Lipinski definition) is 1. The molecule has 0 spiro atoms. The van der Waals surface area contributed by atoms with Crippen molar-refractivity contribution >= 4 is 43.6 Å². The highest BCUT2D eigenvalue weighted by atomic mass is 79.9. The Morgan fingerprint density at radius 2 is 2.11 bits per heavy atom. The van der Waals surface area contributed by atoms with Gasteiger partial charge in [0.1, 0.15) is 5.82 Å². The third-order valence-corrected chi connectivity index (χ3v) is 4.69. The number of amides is 1. The van der Waals surface area contributed by atoms with Crippen molar-refractivity contribution < 1.29 is 4.79 Å². The lowest BCUT2D eigenvalue weighted by molar-refractivity contribution is -0.124. The quantitative estimate of drug-likeness (QED) is 0.789. The first kappa shape index (κ1) is 15.6. The average molecular weight is 378 g/mol. The van der Waals surface area contributed by atoms with Crippen molar-refractivity contribution in [1.29, 1.82) is 0 Å². The summed E-state index contributed by atoms with van der Waals surface area (Å²) in [6.45, 7) is 7.85. The van der Waals surface area contributed by atoms with Crippen LogP contribution in [0.25, 0.3) is 0 Å². The Labute approximate surface area is 125 Å². The van der Waals surface area contributed by atoms with Gasteiger partial charge in [0.2, 0.25) is 5.91 Å². The van der Waals surface area contributed by atoms with Gasteiger partial charge in [-0.25, -0.2) is 4.98 Å². The minimum atomic E-state index is -0.378. The fraction of sp³-hybridized carbons (Fsp3) is 0.538. The van der Waals surface area contributed by atoms with Gasteiger partial charge in [-0.2, -0.15) is 0 Å². The highest BCUT2D eigenvalue weighted by molar-refractivity contribution is 9.10. The molecule has 1 rings (SSSR count). The molecular formula is C13H18Br2N2O. The molecule has 0 aliphatic rings. The molecule has 0 saturated heterocycles. The summed E-state index contributed by atoms with van der Waals surface area (Å²) in [5.74, 6) is 0.608. The summed E-state index contributed by atoms with van der Waals surface area (Å²) >= 11 is 6.88. The average Bonchev–Trinajstić information content (AvgIpc) is 2.33. The number of alkyl halides is 1. The van der Waals surface area contributed by atoms with Crippen LogP contribution in [-0.2, 0) is 10.1 Å². The number of anilines is 1. The number of hydrogen-bond acceptors (Lipinski definition) is 2. The molecule has 3 nitrogen and oxygen atoms in total. The van der Waals surface area contributed by atoms with Crippen molar-refractivity contribution in [2.24, 2.45) is 5.41 Å². The number of pyridine rings is 1. The van der Waals surface area contributed by atoms with Crippen molar-refractivity contribution in [1.82, 2.24) is 4.98 Å². The number of nitrogens with one attached hydrogen (secondary N) is 1. The summed E-state index contributed by atoms with van der Waals surface area (Å²) < 4.78 is 0.979. The molecule has 1 N–H and O–H groups in total. The lowest BCUT2D eigenvalue weighted by Gasteiger charge is -2.21. The SMILES string of the molecule is CCC(C)(C)C(=O)Nc1cc(C)c(Br)c(CBr)n1. The monoisotopic (exact) mass is 376 g/mol. The first-order valence-electron chi connectivity index (χ1n) is 5.85. The maximum absolute atomic E-state index is 12.1. The Balaban J connectivity index is 2.99. The zero-order valence-electron chi connectivity index (χ0n) is 11.1. The summed E-state index contributed by atoms with van der Waals surface area (Å²) in [5, 5.41) is 3.53. The molecule has 0 atom stereocenters. The summed E-state index contributed by atoms with van der Waals surface area (Å²) in [4.78, 5) is 16.5. The number of rotatable bonds is 4. The maximum Gasteiger partial charge on any atom is 0.231 e. The van der Waals surface area contributed by atoms with Gasteiger partial charge in [0.15, 0.2) is 0 Å². The topological polar surface area (TPSA) is 42.0 Å². The van der Waals surface area contributed by atoms with E-state index in [0.29, 0.717) is 11.1 Å². The lowest BCUT2D eigenvalue weighted by Crippen LogP contribution is -2.30. The smallest absolute Gasteiger partial charge is 0.231 e. The number of aryl methyl sites for hydroxylation is 1. The van der Waals surface area contributed by atoms with Crippen LogP contribution in [0.5, 0.6) is 0 Å². The summed E-state index contributed by atoms with van der Waals surface area (Å²) in [7, 11) is 0. The van der Waals surface area contributed by atoms with E-state index in [2.05, 4.69) is 42.2 Å². The maximum atomic E-state index is 12.1. The third kappa shape index (κ3) is 3.54. The van der Waals surface area contributed by atoms with E-state index in [9.17, 15) is 4.79 Å². The molecule has 0 saturated carbocycles. The number of nitrogens with zero attached hydrogens (tertiary/aromatic N) is 1. The van der Waals surface area contributed by atoms with Gasteiger partial charge in [-0.3, -0.25) is 4.79 Å². The second kappa shape index (κ2) is 6.15. The van der Waals surface area contributed by atoms with E-state index in [1.165, 1.54) is 0 Å². The van der Waals surface area contributed by atoms with Crippen molar-refractivity contribution in [3.63, 3.8) is 0 Å². The van der Waals surface area contributed by atoms with Gasteiger partial charge in [-0.05, 0) is 40.9 Å². The van der Waals surface area contributed by atoms with Gasteiger partial charge in [0.05, 0.1) is 5.69 Å². The number of carbonyl (C=O) groups is 1. The van der Waals surface area contributed by atoms with Crippen LogP contribution in [0.15, 0.2) is 10.5 Å². The van der Waals surface area contributed by atoms with E-state index in [-0.39, 0.29) is 11.3 Å². The van der Waals surface area contributed by atoms with Gasteiger partial charge in [-0.15, -0.1) is 0 Å². The molecule has 0 aliphatic heterocycles. The normalized spacial score (nSPS) is 11.4. The van der Waals surface area contributed by atoms with E-state index in [0.717, 1.165) is 22.2 Å². The Hall–Kier alpha value is -0.420. The van der Waals surface area contributed by atoms with Crippen LogP contribution >= 0.6 is 31.9 Å². The van der Waals surface area contributed by atoms with Crippen LogP contribution in [0.3, 0.4) is 0 Å². The molecule has 0 radical (unpaired) electrons. The predicted octanol–water partition coefficient (Wildman–Crippen LogP) is 4.42. The van der Waals surface area contributed by atoms with Crippen molar-refractivity contribution in [3.05, 3.63) is 21.8 Å². The summed E-state index contributed by atoms with van der Waals surface area (Å²) in [6.07, 6.45) is 0.791. The Morgan fingerprint density at radius 3 is 2.61 bits per heavy atom. The number of halogens is 2. The van der Waals surface area contributed by atoms with Gasteiger partial charge >= 0.3 is 0 Å². The van der Waals surface area contributed by atoms with Crippen LogP contribution in [-0.4, -0.2) is 10.9 Å². The van der Waals surface area contributed by atoms with Gasteiger partial charge < -0.3 is 5.32 Å². The summed E-state index contributed by atoms with van der Waals surface area (Å²) in [6, 6.07) is 1.87. The minimum Gasteiger partial charge on any atom is -0.310 e. The minimum absolute atomic E-state index is 0.000236. The molecular weight excluding hydrogens is 360 g/mol. The Bertz CT molecular complexity index is 459. The van der Waals surface area contributed by atoms with Crippen LogP contribution < -0.4 is 5.32 Å². The molecule has 100 valence electrons. The van der Waals surface area contributed by atoms with E-state index < -0.39 is 0 Å². The molecule has 1 amide bonds. The van der Waals surface area contributed by atoms with Crippen molar-refractivity contribution in [2.75, 3.05) is 5.32 Å². The first-order chi connectivity index (χ1) is 8.31. The molecule has 1 aromatic rings. The van der Waals surface area contributed by atoms with Crippen LogP contribution in [0.2, 0.25) is 0 Å². The molecule has 5 heteroatoms. The Kier molecular flexibility index (Phi) is 5.34. The van der Waals surface area contributed by atoms with E-state index in [1.807, 2.05) is 33.8 Å². The molecule has 0 bridgehead atoms. The Morgan fingerprint density at radius 1 is 1.50 bits per heavy atom. The standard InChI is InChI=1S/C13H18Br2N2O/c1-5-13(3,4)12(18)17-10-6-8(2)11(15)9(7-14)16-10/h6H,5,7H2,1-4H3,(H,16,17,18). The fourth-order valence-corrected chi connectivity index (χ4v) is 2.45. The molecule has 0 unspecified atom stereocenters. The predicted molar refractivity (Wildman–Crippen MR) is 82.0 cm³/mol. The highest BCUT2D eigenvalue weighted by Gasteiger charge is 2.25. The molecule has 1 aromatic heterocycles. The number of carbonyl (C=O) groups excluding carboxylic acids is 1. The van der Waals surface area contributed by atoms with Gasteiger partial charge in [-0.1, -0.05) is 36.7 Å². The second-order valence-electron chi connectivity index (χ2n) is 4.91. The van der Waals surface area contributed by atoms with Crippen molar-refractivity contribution in [2.45, 2.75) is 39.4 Å². The summed E-state index contributed by atoms with van der Waals surface area (Å²) in [5.41, 5.74) is 1.57. The van der Waals surface area contributed by atoms with Gasteiger partial charge in [0, 0.05) is 15.2 Å². The fourth-order valence-electron chi connectivity index (χ4n) is 1.32. The van der Waals surface area contributed by atoms with Crippen LogP contribution in [0, 0.1) is 12.3 Å². The zero-order chi connectivity index (χ0) is 13.9. The van der Waals surface area contributed by atoms with E-state index in [1.54, 1.807) is 0 Å².